The maximum atomic E-state index is 12.1. The first-order valence-corrected chi connectivity index (χ1v) is 7.75. The minimum Gasteiger partial charge on any atom is -0.392 e. The summed E-state index contributed by atoms with van der Waals surface area (Å²) in [5.41, 5.74) is 0.670. The Kier molecular flexibility index (Phi) is 5.82. The van der Waals surface area contributed by atoms with Crippen LogP contribution in [0.5, 0.6) is 0 Å². The van der Waals surface area contributed by atoms with E-state index in [0.717, 1.165) is 31.8 Å². The molecule has 0 aliphatic carbocycles. The number of piperidine rings is 1. The Hall–Kier alpha value is -1.33. The predicted molar refractivity (Wildman–Crippen MR) is 83.3 cm³/mol. The van der Waals surface area contributed by atoms with Crippen molar-refractivity contribution in [2.24, 2.45) is 5.92 Å². The first-order valence-electron chi connectivity index (χ1n) is 7.37. The second-order valence-corrected chi connectivity index (χ2v) is 5.98. The molecule has 1 aliphatic rings. The van der Waals surface area contributed by atoms with Gasteiger partial charge in [-0.2, -0.15) is 0 Å². The topological polar surface area (TPSA) is 65.5 Å². The van der Waals surface area contributed by atoms with E-state index in [1.165, 1.54) is 0 Å². The van der Waals surface area contributed by atoms with Crippen molar-refractivity contribution < 1.29 is 9.90 Å². The van der Waals surface area contributed by atoms with E-state index in [1.807, 2.05) is 4.90 Å². The lowest BCUT2D eigenvalue weighted by Crippen LogP contribution is -2.38. The number of aromatic nitrogens is 1. The quantitative estimate of drug-likeness (QED) is 0.875. The van der Waals surface area contributed by atoms with E-state index in [4.69, 9.17) is 16.7 Å². The zero-order chi connectivity index (χ0) is 15.2. The third-order valence-corrected chi connectivity index (χ3v) is 4.14. The SMILES string of the molecule is CC1CCN(C(=O)CCNc2ncc(CO)cc2Cl)CC1. The highest BCUT2D eigenvalue weighted by molar-refractivity contribution is 6.32. The molecule has 0 radical (unpaired) electrons. The number of likely N-dealkylation sites (tertiary alicyclic amines) is 1. The van der Waals surface area contributed by atoms with E-state index in [1.54, 1.807) is 12.3 Å². The molecular weight excluding hydrogens is 290 g/mol. The van der Waals surface area contributed by atoms with Crippen molar-refractivity contribution in [2.75, 3.05) is 25.0 Å². The third kappa shape index (κ3) is 4.58. The van der Waals surface area contributed by atoms with Crippen LogP contribution in [-0.4, -0.2) is 40.5 Å². The normalized spacial score (nSPS) is 16.0. The van der Waals surface area contributed by atoms with E-state index in [-0.39, 0.29) is 12.5 Å². The summed E-state index contributed by atoms with van der Waals surface area (Å²) in [4.78, 5) is 18.2. The second kappa shape index (κ2) is 7.61. The van der Waals surface area contributed by atoms with Crippen molar-refractivity contribution in [1.29, 1.82) is 0 Å². The number of carbonyl (C=O) groups is 1. The molecule has 0 unspecified atom stereocenters. The number of amides is 1. The minimum absolute atomic E-state index is 0.0845. The second-order valence-electron chi connectivity index (χ2n) is 5.57. The van der Waals surface area contributed by atoms with Crippen LogP contribution in [0.2, 0.25) is 5.02 Å². The van der Waals surface area contributed by atoms with Crippen LogP contribution in [0.1, 0.15) is 31.7 Å². The summed E-state index contributed by atoms with van der Waals surface area (Å²) in [5.74, 6) is 1.45. The fourth-order valence-electron chi connectivity index (χ4n) is 2.40. The molecule has 116 valence electrons. The lowest BCUT2D eigenvalue weighted by Gasteiger charge is -2.30. The Morgan fingerprint density at radius 3 is 2.86 bits per heavy atom. The molecule has 1 aromatic heterocycles. The number of nitrogens with one attached hydrogen (secondary N) is 1. The van der Waals surface area contributed by atoms with Gasteiger partial charge in [0.15, 0.2) is 0 Å². The molecule has 1 aliphatic heterocycles. The summed E-state index contributed by atoms with van der Waals surface area (Å²) in [6, 6.07) is 1.67. The maximum Gasteiger partial charge on any atom is 0.224 e. The summed E-state index contributed by atoms with van der Waals surface area (Å²) in [7, 11) is 0. The molecule has 2 rings (SSSR count). The van der Waals surface area contributed by atoms with E-state index >= 15 is 0 Å². The van der Waals surface area contributed by atoms with Gasteiger partial charge < -0.3 is 15.3 Å². The van der Waals surface area contributed by atoms with E-state index in [9.17, 15) is 4.79 Å². The molecule has 1 amide bonds. The minimum atomic E-state index is -0.0845. The zero-order valence-corrected chi connectivity index (χ0v) is 13.1. The molecule has 1 aromatic rings. The molecule has 0 spiro atoms. The summed E-state index contributed by atoms with van der Waals surface area (Å²) < 4.78 is 0. The molecule has 0 atom stereocenters. The Labute approximate surface area is 130 Å². The number of pyridine rings is 1. The van der Waals surface area contributed by atoms with Gasteiger partial charge in [0.2, 0.25) is 5.91 Å². The number of aliphatic hydroxyl groups is 1. The molecule has 0 saturated carbocycles. The summed E-state index contributed by atoms with van der Waals surface area (Å²) in [6.07, 6.45) is 4.19. The Balaban J connectivity index is 1.77. The van der Waals surface area contributed by atoms with Crippen LogP contribution >= 0.6 is 11.6 Å². The molecule has 6 heteroatoms. The highest BCUT2D eigenvalue weighted by atomic mass is 35.5. The van der Waals surface area contributed by atoms with Crippen molar-refractivity contribution in [3.05, 3.63) is 22.8 Å². The van der Waals surface area contributed by atoms with Crippen LogP contribution < -0.4 is 5.32 Å². The van der Waals surface area contributed by atoms with Crippen LogP contribution in [0, 0.1) is 5.92 Å². The van der Waals surface area contributed by atoms with Crippen LogP contribution in [0.15, 0.2) is 12.3 Å². The fraction of sp³-hybridized carbons (Fsp3) is 0.600. The number of hydrogen-bond donors (Lipinski definition) is 2. The number of carbonyl (C=O) groups excluding carboxylic acids is 1. The maximum absolute atomic E-state index is 12.1. The zero-order valence-electron chi connectivity index (χ0n) is 12.3. The van der Waals surface area contributed by atoms with Crippen molar-refractivity contribution in [3.63, 3.8) is 0 Å². The summed E-state index contributed by atoms with van der Waals surface area (Å²) in [5, 5.41) is 12.5. The lowest BCUT2D eigenvalue weighted by atomic mass is 9.99. The summed E-state index contributed by atoms with van der Waals surface area (Å²) in [6.45, 7) is 4.39. The Morgan fingerprint density at radius 1 is 1.52 bits per heavy atom. The van der Waals surface area contributed by atoms with Gasteiger partial charge in [-0.3, -0.25) is 4.79 Å². The highest BCUT2D eigenvalue weighted by Crippen LogP contribution is 2.20. The fourth-order valence-corrected chi connectivity index (χ4v) is 2.65. The Morgan fingerprint density at radius 2 is 2.24 bits per heavy atom. The van der Waals surface area contributed by atoms with Crippen LogP contribution in [0.4, 0.5) is 5.82 Å². The average Bonchev–Trinajstić information content (AvgIpc) is 2.49. The number of anilines is 1. The van der Waals surface area contributed by atoms with Crippen LogP contribution in [0.25, 0.3) is 0 Å². The molecule has 5 nitrogen and oxygen atoms in total. The van der Waals surface area contributed by atoms with Gasteiger partial charge in [0, 0.05) is 32.3 Å². The smallest absolute Gasteiger partial charge is 0.224 e. The Bertz CT molecular complexity index is 488. The molecule has 1 saturated heterocycles. The first kappa shape index (κ1) is 16.0. The monoisotopic (exact) mass is 311 g/mol. The standard InChI is InChI=1S/C15H22ClN3O2/c1-11-3-6-19(7-4-11)14(21)2-5-17-15-13(16)8-12(10-20)9-18-15/h8-9,11,20H,2-7,10H2,1H3,(H,17,18). The highest BCUT2D eigenvalue weighted by Gasteiger charge is 2.19. The van der Waals surface area contributed by atoms with Crippen molar-refractivity contribution in [1.82, 2.24) is 9.88 Å². The van der Waals surface area contributed by atoms with Gasteiger partial charge in [0.05, 0.1) is 11.6 Å². The van der Waals surface area contributed by atoms with Gasteiger partial charge in [-0.05, 0) is 30.4 Å². The average molecular weight is 312 g/mol. The van der Waals surface area contributed by atoms with E-state index in [0.29, 0.717) is 29.4 Å². The van der Waals surface area contributed by atoms with Gasteiger partial charge >= 0.3 is 0 Å². The number of halogens is 1. The van der Waals surface area contributed by atoms with Crippen LogP contribution in [-0.2, 0) is 11.4 Å². The molecular formula is C15H22ClN3O2. The van der Waals surface area contributed by atoms with Gasteiger partial charge in [0.25, 0.3) is 0 Å². The number of aliphatic hydroxyl groups excluding tert-OH is 1. The number of rotatable bonds is 5. The van der Waals surface area contributed by atoms with Gasteiger partial charge in [-0.25, -0.2) is 4.98 Å². The number of hydrogen-bond acceptors (Lipinski definition) is 4. The van der Waals surface area contributed by atoms with Gasteiger partial charge in [-0.15, -0.1) is 0 Å². The summed E-state index contributed by atoms with van der Waals surface area (Å²) >= 11 is 6.06. The van der Waals surface area contributed by atoms with Crippen molar-refractivity contribution in [2.45, 2.75) is 32.8 Å². The first-order chi connectivity index (χ1) is 10.1. The molecule has 2 N–H and O–H groups in total. The van der Waals surface area contributed by atoms with Gasteiger partial charge in [0.1, 0.15) is 5.82 Å². The van der Waals surface area contributed by atoms with Gasteiger partial charge in [-0.1, -0.05) is 18.5 Å². The third-order valence-electron chi connectivity index (χ3n) is 3.85. The predicted octanol–water partition coefficient (Wildman–Crippen LogP) is 2.29. The molecule has 21 heavy (non-hydrogen) atoms. The lowest BCUT2D eigenvalue weighted by molar-refractivity contribution is -0.132. The molecule has 2 heterocycles. The number of nitrogens with zero attached hydrogens (tertiary/aromatic N) is 2. The van der Waals surface area contributed by atoms with Crippen molar-refractivity contribution in [3.8, 4) is 0 Å². The van der Waals surface area contributed by atoms with Crippen molar-refractivity contribution >= 4 is 23.3 Å². The largest absolute Gasteiger partial charge is 0.392 e. The molecule has 1 fully saturated rings. The molecule has 0 bridgehead atoms. The van der Waals surface area contributed by atoms with Crippen LogP contribution in [0.3, 0.4) is 0 Å². The molecule has 0 aromatic carbocycles. The van der Waals surface area contributed by atoms with E-state index in [2.05, 4.69) is 17.2 Å². The van der Waals surface area contributed by atoms with E-state index < -0.39 is 0 Å².